The Bertz CT molecular complexity index is 399. The molecular weight excluding hydrogens is 312 g/mol. The predicted molar refractivity (Wildman–Crippen MR) is 104 cm³/mol. The van der Waals surface area contributed by atoms with Crippen LogP contribution in [0.25, 0.3) is 0 Å². The van der Waals surface area contributed by atoms with Gasteiger partial charge in [-0.2, -0.15) is 0 Å². The maximum Gasteiger partial charge on any atom is 0.407 e. The van der Waals surface area contributed by atoms with Gasteiger partial charge in [0.15, 0.2) is 0 Å². The lowest BCUT2D eigenvalue weighted by Crippen LogP contribution is -2.44. The molecule has 1 amide bonds. The highest BCUT2D eigenvalue weighted by atomic mass is 16.6. The standard InChI is InChI=1S/C21H40N2O2/c1-16(23-20(24)25-21(2,3)4)14-15-22-19-13-9-8-12-18(19)17-10-6-5-7-11-17/h16-19,22H,5-15H2,1-4H3,(H,23,24). The van der Waals surface area contributed by atoms with Crippen molar-refractivity contribution in [3.05, 3.63) is 0 Å². The van der Waals surface area contributed by atoms with Gasteiger partial charge in [0.1, 0.15) is 5.60 Å². The van der Waals surface area contributed by atoms with E-state index < -0.39 is 5.60 Å². The van der Waals surface area contributed by atoms with Crippen molar-refractivity contribution < 1.29 is 9.53 Å². The first kappa shape index (κ1) is 20.5. The van der Waals surface area contributed by atoms with E-state index in [0.717, 1.165) is 24.8 Å². The number of hydrogen-bond acceptors (Lipinski definition) is 3. The number of ether oxygens (including phenoxy) is 1. The second-order valence-corrected chi connectivity index (χ2v) is 9.24. The average Bonchev–Trinajstić information content (AvgIpc) is 2.54. The lowest BCUT2D eigenvalue weighted by molar-refractivity contribution is 0.0506. The quantitative estimate of drug-likeness (QED) is 0.706. The first-order valence-electron chi connectivity index (χ1n) is 10.6. The number of amides is 1. The van der Waals surface area contributed by atoms with Crippen LogP contribution in [0.1, 0.15) is 91.9 Å². The molecule has 0 heterocycles. The summed E-state index contributed by atoms with van der Waals surface area (Å²) in [4.78, 5) is 11.8. The Kier molecular flexibility index (Phi) is 8.05. The van der Waals surface area contributed by atoms with Crippen LogP contribution in [0, 0.1) is 11.8 Å². The molecule has 0 bridgehead atoms. The van der Waals surface area contributed by atoms with Crippen LogP contribution in [0.4, 0.5) is 4.79 Å². The molecule has 4 heteroatoms. The SMILES string of the molecule is CC(CCNC1CCCCC1C1CCCCC1)NC(=O)OC(C)(C)C. The van der Waals surface area contributed by atoms with Crippen molar-refractivity contribution in [3.8, 4) is 0 Å². The molecule has 2 aliphatic rings. The minimum absolute atomic E-state index is 0.138. The summed E-state index contributed by atoms with van der Waals surface area (Å²) in [6.45, 7) is 8.73. The molecule has 2 fully saturated rings. The maximum absolute atomic E-state index is 11.8. The zero-order valence-electron chi connectivity index (χ0n) is 16.9. The van der Waals surface area contributed by atoms with E-state index in [4.69, 9.17) is 4.74 Å². The van der Waals surface area contributed by atoms with Crippen molar-refractivity contribution in [2.24, 2.45) is 11.8 Å². The summed E-state index contributed by atoms with van der Waals surface area (Å²) >= 11 is 0. The third-order valence-corrected chi connectivity index (χ3v) is 5.82. The van der Waals surface area contributed by atoms with Gasteiger partial charge in [0.25, 0.3) is 0 Å². The highest BCUT2D eigenvalue weighted by Gasteiger charge is 2.32. The molecule has 2 aliphatic carbocycles. The van der Waals surface area contributed by atoms with Gasteiger partial charge >= 0.3 is 6.09 Å². The number of carbonyl (C=O) groups excluding carboxylic acids is 1. The van der Waals surface area contributed by atoms with Crippen molar-refractivity contribution in [2.45, 2.75) is 110 Å². The van der Waals surface area contributed by atoms with Gasteiger partial charge in [0.05, 0.1) is 0 Å². The van der Waals surface area contributed by atoms with Crippen molar-refractivity contribution in [1.29, 1.82) is 0 Å². The summed E-state index contributed by atoms with van der Waals surface area (Å²) in [6, 6.07) is 0.824. The van der Waals surface area contributed by atoms with Crippen LogP contribution in [0.2, 0.25) is 0 Å². The van der Waals surface area contributed by atoms with E-state index in [0.29, 0.717) is 6.04 Å². The normalized spacial score (nSPS) is 26.9. The molecule has 0 radical (unpaired) electrons. The van der Waals surface area contributed by atoms with Gasteiger partial charge in [-0.05, 0) is 65.3 Å². The molecule has 0 aromatic heterocycles. The number of nitrogens with one attached hydrogen (secondary N) is 2. The second-order valence-electron chi connectivity index (χ2n) is 9.24. The smallest absolute Gasteiger partial charge is 0.407 e. The largest absolute Gasteiger partial charge is 0.444 e. The predicted octanol–water partition coefficient (Wildman–Crippen LogP) is 5.02. The Morgan fingerprint density at radius 3 is 2.36 bits per heavy atom. The second kappa shape index (κ2) is 9.80. The maximum atomic E-state index is 11.8. The van der Waals surface area contributed by atoms with Crippen molar-refractivity contribution in [1.82, 2.24) is 10.6 Å². The summed E-state index contributed by atoms with van der Waals surface area (Å²) in [6.07, 6.45) is 13.4. The minimum Gasteiger partial charge on any atom is -0.444 e. The van der Waals surface area contributed by atoms with Gasteiger partial charge in [0, 0.05) is 12.1 Å². The highest BCUT2D eigenvalue weighted by molar-refractivity contribution is 5.67. The molecule has 2 rings (SSSR count). The monoisotopic (exact) mass is 352 g/mol. The fourth-order valence-corrected chi connectivity index (χ4v) is 4.61. The van der Waals surface area contributed by atoms with Gasteiger partial charge in [-0.1, -0.05) is 44.9 Å². The Morgan fingerprint density at radius 1 is 1.04 bits per heavy atom. The van der Waals surface area contributed by atoms with Gasteiger partial charge in [-0.25, -0.2) is 4.79 Å². The Balaban J connectivity index is 1.70. The third kappa shape index (κ3) is 7.55. The van der Waals surface area contributed by atoms with E-state index in [1.165, 1.54) is 57.8 Å². The van der Waals surface area contributed by atoms with Crippen LogP contribution in [0.3, 0.4) is 0 Å². The van der Waals surface area contributed by atoms with E-state index in [1.807, 2.05) is 20.8 Å². The molecule has 2 saturated carbocycles. The zero-order chi connectivity index (χ0) is 18.3. The van der Waals surface area contributed by atoms with Gasteiger partial charge in [-0.15, -0.1) is 0 Å². The molecule has 4 nitrogen and oxygen atoms in total. The molecule has 3 unspecified atom stereocenters. The number of rotatable bonds is 6. The molecule has 3 atom stereocenters. The van der Waals surface area contributed by atoms with Gasteiger partial charge in [-0.3, -0.25) is 0 Å². The fourth-order valence-electron chi connectivity index (χ4n) is 4.61. The first-order valence-corrected chi connectivity index (χ1v) is 10.6. The number of hydrogen-bond donors (Lipinski definition) is 2. The Labute approximate surface area is 154 Å². The van der Waals surface area contributed by atoms with Crippen LogP contribution in [-0.2, 0) is 4.74 Å². The summed E-state index contributed by atoms with van der Waals surface area (Å²) < 4.78 is 5.33. The summed E-state index contributed by atoms with van der Waals surface area (Å²) in [5.41, 5.74) is -0.433. The lowest BCUT2D eigenvalue weighted by atomic mass is 9.71. The average molecular weight is 353 g/mol. The molecule has 2 N–H and O–H groups in total. The molecule has 146 valence electrons. The number of alkyl carbamates (subject to hydrolysis) is 1. The van der Waals surface area contributed by atoms with Crippen LogP contribution in [-0.4, -0.2) is 30.3 Å². The zero-order valence-corrected chi connectivity index (χ0v) is 16.9. The van der Waals surface area contributed by atoms with E-state index in [-0.39, 0.29) is 12.1 Å². The van der Waals surface area contributed by atoms with Crippen LogP contribution < -0.4 is 10.6 Å². The highest BCUT2D eigenvalue weighted by Crippen LogP contribution is 2.38. The van der Waals surface area contributed by atoms with E-state index in [9.17, 15) is 4.79 Å². The van der Waals surface area contributed by atoms with E-state index in [2.05, 4.69) is 17.6 Å². The van der Waals surface area contributed by atoms with Crippen LogP contribution in [0.15, 0.2) is 0 Å². The van der Waals surface area contributed by atoms with Gasteiger partial charge < -0.3 is 15.4 Å². The lowest BCUT2D eigenvalue weighted by Gasteiger charge is -2.39. The molecule has 0 aromatic carbocycles. The fraction of sp³-hybridized carbons (Fsp3) is 0.952. The summed E-state index contributed by atoms with van der Waals surface area (Å²) in [5.74, 6) is 1.83. The summed E-state index contributed by atoms with van der Waals surface area (Å²) in [7, 11) is 0. The molecular formula is C21H40N2O2. The Morgan fingerprint density at radius 2 is 1.68 bits per heavy atom. The first-order chi connectivity index (χ1) is 11.8. The topological polar surface area (TPSA) is 50.4 Å². The molecule has 0 saturated heterocycles. The van der Waals surface area contributed by atoms with Crippen molar-refractivity contribution in [3.63, 3.8) is 0 Å². The third-order valence-electron chi connectivity index (χ3n) is 5.82. The molecule has 25 heavy (non-hydrogen) atoms. The molecule has 0 aliphatic heterocycles. The number of carbonyl (C=O) groups is 1. The van der Waals surface area contributed by atoms with Crippen LogP contribution >= 0.6 is 0 Å². The van der Waals surface area contributed by atoms with Crippen molar-refractivity contribution >= 4 is 6.09 Å². The summed E-state index contributed by atoms with van der Waals surface area (Å²) in [5, 5.41) is 6.78. The van der Waals surface area contributed by atoms with Crippen molar-refractivity contribution in [2.75, 3.05) is 6.54 Å². The van der Waals surface area contributed by atoms with E-state index >= 15 is 0 Å². The Hall–Kier alpha value is -0.770. The molecule has 0 spiro atoms. The van der Waals surface area contributed by atoms with Gasteiger partial charge in [0.2, 0.25) is 0 Å². The molecule has 0 aromatic rings. The van der Waals surface area contributed by atoms with E-state index in [1.54, 1.807) is 0 Å². The van der Waals surface area contributed by atoms with Crippen LogP contribution in [0.5, 0.6) is 0 Å². The minimum atomic E-state index is -0.433.